The smallest absolute Gasteiger partial charge is 0.349 e. The second-order valence-electron chi connectivity index (χ2n) is 8.12. The van der Waals surface area contributed by atoms with Gasteiger partial charge in [0.05, 0.1) is 12.1 Å². The van der Waals surface area contributed by atoms with Crippen LogP contribution in [0.1, 0.15) is 59.7 Å². The highest BCUT2D eigenvalue weighted by atomic mass is 32.1. The zero-order chi connectivity index (χ0) is 19.0. The average Bonchev–Trinajstić information content (AvgIpc) is 3.15. The fourth-order valence-electron chi connectivity index (χ4n) is 4.00. The Bertz CT molecular complexity index is 665. The van der Waals surface area contributed by atoms with E-state index in [1.807, 2.05) is 11.4 Å². The van der Waals surface area contributed by atoms with Crippen molar-refractivity contribution >= 4 is 17.2 Å². The predicted molar refractivity (Wildman–Crippen MR) is 99.2 cm³/mol. The molecule has 27 heavy (non-hydrogen) atoms. The van der Waals surface area contributed by atoms with Gasteiger partial charge in [-0.05, 0) is 38.2 Å². The number of likely N-dealkylation sites (tertiary alicyclic amines) is 1. The minimum Gasteiger partial charge on any atom is -0.349 e. The third-order valence-corrected chi connectivity index (χ3v) is 6.98. The van der Waals surface area contributed by atoms with Crippen LogP contribution in [0.2, 0.25) is 0 Å². The van der Waals surface area contributed by atoms with Crippen LogP contribution in [0.3, 0.4) is 0 Å². The van der Waals surface area contributed by atoms with E-state index in [1.54, 1.807) is 11.3 Å². The number of hydrogen-bond donors (Lipinski definition) is 2. The summed E-state index contributed by atoms with van der Waals surface area (Å²) in [5, 5.41) is 8.59. The Balaban J connectivity index is 1.22. The minimum atomic E-state index is -4.16. The van der Waals surface area contributed by atoms with Crippen LogP contribution in [0.15, 0.2) is 11.4 Å². The molecule has 3 aliphatic rings. The molecule has 1 aromatic rings. The molecule has 2 aliphatic carbocycles. The monoisotopic (exact) mass is 401 g/mol. The number of nitrogens with one attached hydrogen (secondary N) is 2. The fraction of sp³-hybridized carbons (Fsp3) is 0.737. The van der Waals surface area contributed by atoms with E-state index in [4.69, 9.17) is 0 Å². The molecule has 2 saturated carbocycles. The normalized spacial score (nSPS) is 27.4. The third kappa shape index (κ3) is 5.03. The molecule has 0 spiro atoms. The van der Waals surface area contributed by atoms with Crippen LogP contribution >= 0.6 is 11.3 Å². The molecule has 2 heterocycles. The summed E-state index contributed by atoms with van der Waals surface area (Å²) >= 11 is 1.64. The lowest BCUT2D eigenvalue weighted by Gasteiger charge is -2.32. The first-order valence-electron chi connectivity index (χ1n) is 9.82. The Morgan fingerprint density at radius 2 is 1.93 bits per heavy atom. The van der Waals surface area contributed by atoms with Crippen LogP contribution in [0.5, 0.6) is 0 Å². The maximum Gasteiger partial charge on any atom is 0.401 e. The zero-order valence-electron chi connectivity index (χ0n) is 15.2. The predicted octanol–water partition coefficient (Wildman–Crippen LogP) is 3.50. The topological polar surface area (TPSA) is 44.4 Å². The molecule has 4 rings (SSSR count). The van der Waals surface area contributed by atoms with E-state index in [2.05, 4.69) is 10.6 Å². The van der Waals surface area contributed by atoms with Crippen LogP contribution in [-0.4, -0.2) is 54.7 Å². The van der Waals surface area contributed by atoms with Crippen molar-refractivity contribution in [3.05, 3.63) is 21.9 Å². The number of carbonyl (C=O) groups is 1. The third-order valence-electron chi connectivity index (χ3n) is 5.92. The standard InChI is InChI=1S/C19H26F3N3OS/c20-19(21,22)11-25-6-4-14(5-7-25)24-18(26)12-8-17(27-10-12)15-9-16(15)23-13-2-1-3-13/h8,10,13-16,23H,1-7,9,11H2,(H,24,26). The summed E-state index contributed by atoms with van der Waals surface area (Å²) in [6.45, 7) is -0.120. The van der Waals surface area contributed by atoms with Gasteiger partial charge in [0.15, 0.2) is 0 Å². The van der Waals surface area contributed by atoms with Gasteiger partial charge in [0.1, 0.15) is 0 Å². The minimum absolute atomic E-state index is 0.0423. The Morgan fingerprint density at radius 1 is 1.19 bits per heavy atom. The fourth-order valence-corrected chi connectivity index (χ4v) is 5.06. The van der Waals surface area contributed by atoms with Crippen LogP contribution in [0.25, 0.3) is 0 Å². The Morgan fingerprint density at radius 3 is 2.56 bits per heavy atom. The van der Waals surface area contributed by atoms with Gasteiger partial charge in [-0.25, -0.2) is 0 Å². The largest absolute Gasteiger partial charge is 0.401 e. The first-order valence-corrected chi connectivity index (χ1v) is 10.7. The molecule has 1 saturated heterocycles. The van der Waals surface area contributed by atoms with E-state index in [0.717, 1.165) is 6.42 Å². The molecule has 0 radical (unpaired) electrons. The molecule has 3 fully saturated rings. The molecule has 8 heteroatoms. The highest BCUT2D eigenvalue weighted by molar-refractivity contribution is 7.10. The maximum atomic E-state index is 12.5. The lowest BCUT2D eigenvalue weighted by atomic mass is 9.93. The SMILES string of the molecule is O=C(NC1CCN(CC(F)(F)F)CC1)c1csc(C2CC2NC2CCC2)c1. The van der Waals surface area contributed by atoms with E-state index in [-0.39, 0.29) is 11.9 Å². The number of amides is 1. The summed E-state index contributed by atoms with van der Waals surface area (Å²) in [6, 6.07) is 3.19. The molecule has 1 aliphatic heterocycles. The van der Waals surface area contributed by atoms with E-state index < -0.39 is 12.7 Å². The van der Waals surface area contributed by atoms with E-state index in [1.165, 1.54) is 29.0 Å². The summed E-state index contributed by atoms with van der Waals surface area (Å²) < 4.78 is 37.3. The first-order chi connectivity index (χ1) is 12.9. The number of halogens is 3. The van der Waals surface area contributed by atoms with Gasteiger partial charge in [-0.2, -0.15) is 13.2 Å². The van der Waals surface area contributed by atoms with Crippen molar-refractivity contribution in [3.8, 4) is 0 Å². The summed E-state index contributed by atoms with van der Waals surface area (Å²) in [4.78, 5) is 15.2. The van der Waals surface area contributed by atoms with E-state index in [0.29, 0.717) is 49.5 Å². The zero-order valence-corrected chi connectivity index (χ0v) is 16.0. The van der Waals surface area contributed by atoms with Gasteiger partial charge in [-0.3, -0.25) is 9.69 Å². The number of thiophene rings is 1. The van der Waals surface area contributed by atoms with Crippen LogP contribution in [-0.2, 0) is 0 Å². The van der Waals surface area contributed by atoms with Crippen molar-refractivity contribution in [2.24, 2.45) is 0 Å². The molecule has 1 amide bonds. The highest BCUT2D eigenvalue weighted by Crippen LogP contribution is 2.44. The van der Waals surface area contributed by atoms with Gasteiger partial charge in [0.2, 0.25) is 0 Å². The van der Waals surface area contributed by atoms with E-state index in [9.17, 15) is 18.0 Å². The maximum absolute atomic E-state index is 12.5. The van der Waals surface area contributed by atoms with Crippen molar-refractivity contribution in [2.75, 3.05) is 19.6 Å². The number of carbonyl (C=O) groups excluding carboxylic acids is 1. The lowest BCUT2D eigenvalue weighted by molar-refractivity contribution is -0.148. The van der Waals surface area contributed by atoms with Gasteiger partial charge in [-0.15, -0.1) is 11.3 Å². The molecule has 4 nitrogen and oxygen atoms in total. The second-order valence-corrected chi connectivity index (χ2v) is 9.06. The summed E-state index contributed by atoms with van der Waals surface area (Å²) in [5.74, 6) is 0.429. The van der Waals surface area contributed by atoms with Crippen molar-refractivity contribution in [1.82, 2.24) is 15.5 Å². The Hall–Kier alpha value is -1.12. The van der Waals surface area contributed by atoms with Crippen LogP contribution in [0.4, 0.5) is 13.2 Å². The van der Waals surface area contributed by atoms with Crippen molar-refractivity contribution in [1.29, 1.82) is 0 Å². The number of rotatable bonds is 6. The molecule has 0 aromatic carbocycles. The summed E-state index contributed by atoms with van der Waals surface area (Å²) in [5.41, 5.74) is 0.682. The van der Waals surface area contributed by atoms with Crippen molar-refractivity contribution in [2.45, 2.75) is 68.7 Å². The average molecular weight is 401 g/mol. The summed E-state index contributed by atoms with van der Waals surface area (Å²) in [7, 11) is 0. The van der Waals surface area contributed by atoms with Gasteiger partial charge in [0.25, 0.3) is 5.91 Å². The van der Waals surface area contributed by atoms with Crippen LogP contribution in [0, 0.1) is 0 Å². The molecular formula is C19H26F3N3OS. The highest BCUT2D eigenvalue weighted by Gasteiger charge is 2.41. The Labute approximate surface area is 161 Å². The van der Waals surface area contributed by atoms with Crippen molar-refractivity contribution < 1.29 is 18.0 Å². The molecule has 2 N–H and O–H groups in total. The quantitative estimate of drug-likeness (QED) is 0.767. The number of nitrogens with zero attached hydrogens (tertiary/aromatic N) is 1. The molecule has 2 unspecified atom stereocenters. The molecule has 1 aromatic heterocycles. The number of alkyl halides is 3. The van der Waals surface area contributed by atoms with Gasteiger partial charge >= 0.3 is 6.18 Å². The molecule has 0 bridgehead atoms. The number of piperidine rings is 1. The molecular weight excluding hydrogens is 375 g/mol. The van der Waals surface area contributed by atoms with Gasteiger partial charge < -0.3 is 10.6 Å². The lowest BCUT2D eigenvalue weighted by Crippen LogP contribution is -2.47. The first kappa shape index (κ1) is 19.2. The van der Waals surface area contributed by atoms with E-state index >= 15 is 0 Å². The second kappa shape index (κ2) is 7.72. The van der Waals surface area contributed by atoms with Gasteiger partial charge in [-0.1, -0.05) is 6.42 Å². The van der Waals surface area contributed by atoms with Crippen LogP contribution < -0.4 is 10.6 Å². The number of hydrogen-bond acceptors (Lipinski definition) is 4. The molecule has 150 valence electrons. The van der Waals surface area contributed by atoms with Crippen molar-refractivity contribution in [3.63, 3.8) is 0 Å². The molecule has 2 atom stereocenters. The Kier molecular flexibility index (Phi) is 5.49. The van der Waals surface area contributed by atoms with Gasteiger partial charge in [0, 0.05) is 47.4 Å². The summed E-state index contributed by atoms with van der Waals surface area (Å²) in [6.07, 6.45) is 2.01.